The molecule has 0 bridgehead atoms. The summed E-state index contributed by atoms with van der Waals surface area (Å²) in [6.07, 6.45) is 0. The summed E-state index contributed by atoms with van der Waals surface area (Å²) in [6, 6.07) is 114. The Hall–Kier alpha value is -11.7. The highest BCUT2D eigenvalue weighted by Crippen LogP contribution is 2.44. The van der Waals surface area contributed by atoms with E-state index in [1.165, 1.54) is 88.2 Å². The van der Waals surface area contributed by atoms with Crippen molar-refractivity contribution >= 4 is 87.5 Å². The minimum Gasteiger partial charge on any atom is -0.456 e. The van der Waals surface area contributed by atoms with E-state index < -0.39 is 0 Å². The van der Waals surface area contributed by atoms with Gasteiger partial charge in [-0.1, -0.05) is 237 Å². The lowest BCUT2D eigenvalue weighted by Crippen LogP contribution is -1.95. The molecule has 88 heavy (non-hydrogen) atoms. The van der Waals surface area contributed by atoms with Crippen LogP contribution in [0.4, 0.5) is 0 Å². The van der Waals surface area contributed by atoms with E-state index in [1.54, 1.807) is 0 Å². The van der Waals surface area contributed by atoms with Crippen LogP contribution in [0.5, 0.6) is 0 Å². The predicted octanol–water partition coefficient (Wildman–Crippen LogP) is 23.3. The minimum absolute atomic E-state index is 0.869. The number of para-hydroxylation sites is 4. The average Bonchev–Trinajstić information content (AvgIpc) is 1.90. The SMILES string of the molecule is c1ccc(-c2ccc3c4ccccc4n(-c4ccc(-c5ccc(-c6ccc7oc8c(-c9ccc%10c(c9)c9cccc(-c%11ccccc%11)c9n%10-c9ccc(-c%10ccc(-c%11ccc%12oc%13ccccc%13c%12c%11)cc%10)cc9)cccc8c7c6)cc5)cc4)c3c2)cc1. The highest BCUT2D eigenvalue weighted by Gasteiger charge is 2.21. The Labute approximate surface area is 507 Å². The first-order chi connectivity index (χ1) is 43.6. The zero-order valence-electron chi connectivity index (χ0n) is 47.7. The summed E-state index contributed by atoms with van der Waals surface area (Å²) in [5.41, 5.74) is 26.8. The van der Waals surface area contributed by atoms with Gasteiger partial charge in [0.1, 0.15) is 22.3 Å². The van der Waals surface area contributed by atoms with Gasteiger partial charge in [-0.25, -0.2) is 0 Å². The van der Waals surface area contributed by atoms with Gasteiger partial charge in [0.15, 0.2) is 0 Å². The van der Waals surface area contributed by atoms with Crippen LogP contribution in [0.3, 0.4) is 0 Å². The topological polar surface area (TPSA) is 36.1 Å². The molecule has 18 aromatic rings. The number of hydrogen-bond donors (Lipinski definition) is 0. The first-order valence-corrected chi connectivity index (χ1v) is 30.1. The van der Waals surface area contributed by atoms with Gasteiger partial charge in [0.2, 0.25) is 0 Å². The lowest BCUT2D eigenvalue weighted by molar-refractivity contribution is 0.669. The maximum absolute atomic E-state index is 6.86. The summed E-state index contributed by atoms with van der Waals surface area (Å²) < 4.78 is 17.8. The summed E-state index contributed by atoms with van der Waals surface area (Å²) >= 11 is 0. The van der Waals surface area contributed by atoms with E-state index in [1.807, 2.05) is 12.1 Å². The van der Waals surface area contributed by atoms with Gasteiger partial charge in [-0.05, 0) is 146 Å². The van der Waals surface area contributed by atoms with Gasteiger partial charge in [-0.3, -0.25) is 0 Å². The van der Waals surface area contributed by atoms with Gasteiger partial charge < -0.3 is 18.0 Å². The third-order valence-electron chi connectivity index (χ3n) is 18.2. The second kappa shape index (κ2) is 20.0. The molecule has 4 aromatic heterocycles. The molecule has 0 radical (unpaired) electrons. The van der Waals surface area contributed by atoms with E-state index in [0.29, 0.717) is 0 Å². The van der Waals surface area contributed by atoms with Crippen LogP contribution in [-0.2, 0) is 0 Å². The maximum atomic E-state index is 6.86. The van der Waals surface area contributed by atoms with Crippen LogP contribution in [-0.4, -0.2) is 9.13 Å². The normalized spacial score (nSPS) is 11.9. The molecule has 0 N–H and O–H groups in total. The fourth-order valence-electron chi connectivity index (χ4n) is 13.8. The largest absolute Gasteiger partial charge is 0.456 e. The highest BCUT2D eigenvalue weighted by atomic mass is 16.3. The third-order valence-corrected chi connectivity index (χ3v) is 18.2. The third kappa shape index (κ3) is 8.07. The molecule has 0 aliphatic heterocycles. The van der Waals surface area contributed by atoms with Gasteiger partial charge in [-0.15, -0.1) is 0 Å². The number of rotatable bonds is 9. The molecule has 0 aliphatic rings. The molecule has 0 saturated carbocycles. The monoisotopic (exact) mass is 1120 g/mol. The maximum Gasteiger partial charge on any atom is 0.143 e. The fraction of sp³-hybridized carbons (Fsp3) is 0. The van der Waals surface area contributed by atoms with Gasteiger partial charge in [0.05, 0.1) is 22.1 Å². The van der Waals surface area contributed by atoms with E-state index in [9.17, 15) is 0 Å². The molecule has 410 valence electrons. The number of nitrogens with zero attached hydrogens (tertiary/aromatic N) is 2. The molecule has 4 nitrogen and oxygen atoms in total. The second-order valence-corrected chi connectivity index (χ2v) is 23.1. The van der Waals surface area contributed by atoms with Crippen molar-refractivity contribution in [3.8, 4) is 89.3 Å². The van der Waals surface area contributed by atoms with Crippen molar-refractivity contribution in [1.29, 1.82) is 0 Å². The molecule has 4 heteroatoms. The van der Waals surface area contributed by atoms with Crippen LogP contribution in [0.25, 0.3) is 177 Å². The first kappa shape index (κ1) is 49.7. The van der Waals surface area contributed by atoms with E-state index in [0.717, 1.165) is 88.6 Å². The number of aromatic nitrogens is 2. The van der Waals surface area contributed by atoms with Crippen LogP contribution in [0.2, 0.25) is 0 Å². The van der Waals surface area contributed by atoms with Gasteiger partial charge in [0.25, 0.3) is 0 Å². The fourth-order valence-corrected chi connectivity index (χ4v) is 13.8. The van der Waals surface area contributed by atoms with Crippen LogP contribution in [0.15, 0.2) is 324 Å². The lowest BCUT2D eigenvalue weighted by atomic mass is 9.97. The summed E-state index contributed by atoms with van der Waals surface area (Å²) in [7, 11) is 0. The zero-order valence-corrected chi connectivity index (χ0v) is 47.7. The Balaban J connectivity index is 0.656. The summed E-state index contributed by atoms with van der Waals surface area (Å²) in [4.78, 5) is 0. The Kier molecular flexibility index (Phi) is 11.3. The lowest BCUT2D eigenvalue weighted by Gasteiger charge is -2.13. The Morgan fingerprint density at radius 3 is 1.28 bits per heavy atom. The molecular formula is C84H52N2O2. The molecule has 0 amide bonds. The Bertz CT molecular complexity index is 5750. The highest BCUT2D eigenvalue weighted by molar-refractivity contribution is 6.17. The van der Waals surface area contributed by atoms with Crippen molar-refractivity contribution in [2.75, 3.05) is 0 Å². The molecular weight excluding hydrogens is 1070 g/mol. The van der Waals surface area contributed by atoms with E-state index in [4.69, 9.17) is 8.83 Å². The molecule has 18 rings (SSSR count). The quantitative estimate of drug-likeness (QED) is 0.144. The predicted molar refractivity (Wildman–Crippen MR) is 368 cm³/mol. The molecule has 0 fully saturated rings. The second-order valence-electron chi connectivity index (χ2n) is 23.1. The number of benzene rings is 14. The van der Waals surface area contributed by atoms with E-state index in [2.05, 4.69) is 312 Å². The van der Waals surface area contributed by atoms with Crippen molar-refractivity contribution in [3.63, 3.8) is 0 Å². The van der Waals surface area contributed by atoms with Crippen molar-refractivity contribution in [1.82, 2.24) is 9.13 Å². The summed E-state index contributed by atoms with van der Waals surface area (Å²) in [6.45, 7) is 0. The van der Waals surface area contributed by atoms with E-state index >= 15 is 0 Å². The van der Waals surface area contributed by atoms with Crippen LogP contribution in [0, 0.1) is 0 Å². The van der Waals surface area contributed by atoms with E-state index in [-0.39, 0.29) is 0 Å². The minimum atomic E-state index is 0.869. The molecule has 4 heterocycles. The number of fused-ring (bicyclic) bond motifs is 12. The molecule has 14 aromatic carbocycles. The van der Waals surface area contributed by atoms with Crippen molar-refractivity contribution in [2.45, 2.75) is 0 Å². The first-order valence-electron chi connectivity index (χ1n) is 30.1. The smallest absolute Gasteiger partial charge is 0.143 e. The van der Waals surface area contributed by atoms with Crippen LogP contribution < -0.4 is 0 Å². The summed E-state index contributed by atoms with van der Waals surface area (Å²) in [5.74, 6) is 0. The van der Waals surface area contributed by atoms with Gasteiger partial charge in [-0.2, -0.15) is 0 Å². The standard InChI is InChI=1S/C84H52N2O2/c1-3-13-53(14-4-1)63-37-45-70-69-17-7-9-23-77(69)85(79(70)52-63)65-41-33-56(34-42-65)54-27-31-59(32-28-54)62-40-48-82-76(50-62)73-22-12-20-68(84(73)88-82)64-38-46-78-74(51-64)72-21-11-19-67(60-15-5-2-6-16-60)83(72)86(78)66-43-35-57(36-44-66)55-25-29-58(30-26-55)61-39-47-81-75(49-61)71-18-8-10-24-80(71)87-81/h1-52H. The summed E-state index contributed by atoms with van der Waals surface area (Å²) in [5, 5.41) is 9.35. The molecule has 0 unspecified atom stereocenters. The Morgan fingerprint density at radius 2 is 0.614 bits per heavy atom. The van der Waals surface area contributed by atoms with Gasteiger partial charge >= 0.3 is 0 Å². The number of furan rings is 2. The van der Waals surface area contributed by atoms with Crippen molar-refractivity contribution in [3.05, 3.63) is 315 Å². The van der Waals surface area contributed by atoms with Crippen molar-refractivity contribution < 1.29 is 8.83 Å². The number of hydrogen-bond acceptors (Lipinski definition) is 2. The van der Waals surface area contributed by atoms with Crippen molar-refractivity contribution in [2.24, 2.45) is 0 Å². The van der Waals surface area contributed by atoms with Crippen LogP contribution in [0.1, 0.15) is 0 Å². The molecule has 0 aliphatic carbocycles. The molecule has 0 spiro atoms. The molecule has 0 atom stereocenters. The Morgan fingerprint density at radius 1 is 0.193 bits per heavy atom. The molecule has 0 saturated heterocycles. The van der Waals surface area contributed by atoms with Crippen LogP contribution >= 0.6 is 0 Å². The zero-order chi connectivity index (χ0) is 57.8. The van der Waals surface area contributed by atoms with Gasteiger partial charge in [0, 0.05) is 65.6 Å². The average molecular weight is 1120 g/mol.